The Bertz CT molecular complexity index is 927. The van der Waals surface area contributed by atoms with Crippen LogP contribution in [0.5, 0.6) is 0 Å². The van der Waals surface area contributed by atoms with Crippen molar-refractivity contribution in [1.29, 1.82) is 0 Å². The number of hydrogen-bond acceptors (Lipinski definition) is 5. The number of carbonyl (C=O) groups is 1. The van der Waals surface area contributed by atoms with Crippen LogP contribution in [0, 0.1) is 0 Å². The standard InChI is InChI=1S/C23H27N5O/c1-15(2)19-6-5-7-20(16(3)4)21(19)28-23-26-13-18(14-27-23)22(29)25-12-17-8-10-24-11-9-17/h5-11,13-16H,12H2,1-4H3,(H,25,29)(H,26,27,28). The molecule has 150 valence electrons. The molecule has 2 heterocycles. The van der Waals surface area contributed by atoms with Crippen molar-refractivity contribution >= 4 is 17.5 Å². The number of rotatable bonds is 7. The van der Waals surface area contributed by atoms with E-state index in [0.29, 0.717) is 29.9 Å². The second kappa shape index (κ2) is 9.28. The SMILES string of the molecule is CC(C)c1cccc(C(C)C)c1Nc1ncc(C(=O)NCc2ccncc2)cn1. The number of amides is 1. The van der Waals surface area contributed by atoms with Crippen LogP contribution in [0.15, 0.2) is 55.1 Å². The van der Waals surface area contributed by atoms with Crippen molar-refractivity contribution in [3.05, 3.63) is 77.4 Å². The van der Waals surface area contributed by atoms with Crippen LogP contribution < -0.4 is 10.6 Å². The molecular weight excluding hydrogens is 362 g/mol. The highest BCUT2D eigenvalue weighted by molar-refractivity contribution is 5.93. The lowest BCUT2D eigenvalue weighted by Gasteiger charge is -2.20. The summed E-state index contributed by atoms with van der Waals surface area (Å²) in [6.45, 7) is 9.10. The van der Waals surface area contributed by atoms with Gasteiger partial charge in [0.15, 0.2) is 0 Å². The average Bonchev–Trinajstić information content (AvgIpc) is 2.73. The molecule has 0 aliphatic carbocycles. The van der Waals surface area contributed by atoms with E-state index in [-0.39, 0.29) is 5.91 Å². The van der Waals surface area contributed by atoms with E-state index >= 15 is 0 Å². The molecule has 0 atom stereocenters. The predicted octanol–water partition coefficient (Wildman–Crippen LogP) is 4.79. The molecule has 0 saturated heterocycles. The molecule has 0 bridgehead atoms. The summed E-state index contributed by atoms with van der Waals surface area (Å²) >= 11 is 0. The van der Waals surface area contributed by atoms with Crippen molar-refractivity contribution in [2.24, 2.45) is 0 Å². The third kappa shape index (κ3) is 5.16. The second-order valence-electron chi connectivity index (χ2n) is 7.58. The Balaban J connectivity index is 1.73. The number of hydrogen-bond donors (Lipinski definition) is 2. The number of pyridine rings is 1. The smallest absolute Gasteiger partial charge is 0.254 e. The normalized spacial score (nSPS) is 11.0. The highest BCUT2D eigenvalue weighted by Gasteiger charge is 2.15. The van der Waals surface area contributed by atoms with Crippen molar-refractivity contribution in [2.75, 3.05) is 5.32 Å². The predicted molar refractivity (Wildman–Crippen MR) is 115 cm³/mol. The topological polar surface area (TPSA) is 79.8 Å². The number of aromatic nitrogens is 3. The number of benzene rings is 1. The molecule has 0 aliphatic heterocycles. The fourth-order valence-electron chi connectivity index (χ4n) is 3.10. The van der Waals surface area contributed by atoms with Crippen molar-refractivity contribution in [3.63, 3.8) is 0 Å². The van der Waals surface area contributed by atoms with Crippen LogP contribution in [0.2, 0.25) is 0 Å². The average molecular weight is 390 g/mol. The highest BCUT2D eigenvalue weighted by Crippen LogP contribution is 2.33. The molecule has 2 N–H and O–H groups in total. The second-order valence-corrected chi connectivity index (χ2v) is 7.58. The van der Waals surface area contributed by atoms with Gasteiger partial charge < -0.3 is 10.6 Å². The summed E-state index contributed by atoms with van der Waals surface area (Å²) in [4.78, 5) is 25.0. The summed E-state index contributed by atoms with van der Waals surface area (Å²) in [5.74, 6) is 1.01. The molecule has 0 fully saturated rings. The van der Waals surface area contributed by atoms with Gasteiger partial charge in [-0.2, -0.15) is 0 Å². The molecule has 1 amide bonds. The van der Waals surface area contributed by atoms with Gasteiger partial charge >= 0.3 is 0 Å². The molecule has 29 heavy (non-hydrogen) atoms. The molecule has 0 saturated carbocycles. The van der Waals surface area contributed by atoms with Gasteiger partial charge in [-0.15, -0.1) is 0 Å². The third-order valence-corrected chi connectivity index (χ3v) is 4.73. The Labute approximate surface area is 171 Å². The summed E-state index contributed by atoms with van der Waals surface area (Å²) in [5, 5.41) is 6.23. The van der Waals surface area contributed by atoms with Crippen LogP contribution in [0.4, 0.5) is 11.6 Å². The summed E-state index contributed by atoms with van der Waals surface area (Å²) < 4.78 is 0. The van der Waals surface area contributed by atoms with Gasteiger partial charge in [-0.25, -0.2) is 9.97 Å². The van der Waals surface area contributed by atoms with E-state index in [1.165, 1.54) is 11.1 Å². The van der Waals surface area contributed by atoms with E-state index in [2.05, 4.69) is 71.5 Å². The Morgan fingerprint density at radius 3 is 2.07 bits per heavy atom. The largest absolute Gasteiger partial charge is 0.348 e. The van der Waals surface area contributed by atoms with Gasteiger partial charge in [-0.1, -0.05) is 45.9 Å². The Kier molecular flexibility index (Phi) is 6.54. The van der Waals surface area contributed by atoms with E-state index in [0.717, 1.165) is 11.3 Å². The Morgan fingerprint density at radius 2 is 1.52 bits per heavy atom. The number of nitrogens with zero attached hydrogens (tertiary/aromatic N) is 3. The summed E-state index contributed by atoms with van der Waals surface area (Å²) in [6, 6.07) is 10.1. The van der Waals surface area contributed by atoms with Crippen molar-refractivity contribution in [1.82, 2.24) is 20.3 Å². The highest BCUT2D eigenvalue weighted by atomic mass is 16.1. The van der Waals surface area contributed by atoms with Gasteiger partial charge in [-0.3, -0.25) is 9.78 Å². The fourth-order valence-corrected chi connectivity index (χ4v) is 3.10. The first-order chi connectivity index (χ1) is 14.0. The third-order valence-electron chi connectivity index (χ3n) is 4.73. The molecule has 0 aliphatic rings. The van der Waals surface area contributed by atoms with Crippen LogP contribution in [0.3, 0.4) is 0 Å². The first-order valence-corrected chi connectivity index (χ1v) is 9.84. The molecule has 6 heteroatoms. The van der Waals surface area contributed by atoms with E-state index in [4.69, 9.17) is 0 Å². The minimum atomic E-state index is -0.209. The first kappa shape index (κ1) is 20.5. The minimum Gasteiger partial charge on any atom is -0.348 e. The van der Waals surface area contributed by atoms with Crippen LogP contribution in [0.1, 0.15) is 66.6 Å². The lowest BCUT2D eigenvalue weighted by molar-refractivity contribution is 0.0950. The molecule has 0 unspecified atom stereocenters. The van der Waals surface area contributed by atoms with Gasteiger partial charge in [0, 0.05) is 37.0 Å². The molecular formula is C23H27N5O. The van der Waals surface area contributed by atoms with Gasteiger partial charge in [0.1, 0.15) is 0 Å². The number of nitrogens with one attached hydrogen (secondary N) is 2. The first-order valence-electron chi connectivity index (χ1n) is 9.84. The van der Waals surface area contributed by atoms with E-state index in [9.17, 15) is 4.79 Å². The maximum absolute atomic E-state index is 12.3. The number of para-hydroxylation sites is 1. The molecule has 1 aromatic carbocycles. The quantitative estimate of drug-likeness (QED) is 0.607. The van der Waals surface area contributed by atoms with Gasteiger partial charge in [0.25, 0.3) is 5.91 Å². The van der Waals surface area contributed by atoms with Crippen molar-refractivity contribution in [3.8, 4) is 0 Å². The van der Waals surface area contributed by atoms with Gasteiger partial charge in [0.2, 0.25) is 5.95 Å². The van der Waals surface area contributed by atoms with E-state index in [1.807, 2.05) is 12.1 Å². The molecule has 3 aromatic rings. The molecule has 2 aromatic heterocycles. The minimum absolute atomic E-state index is 0.209. The molecule has 6 nitrogen and oxygen atoms in total. The lowest BCUT2D eigenvalue weighted by Crippen LogP contribution is -2.23. The summed E-state index contributed by atoms with van der Waals surface area (Å²) in [5.41, 5.74) is 4.90. The number of anilines is 2. The summed E-state index contributed by atoms with van der Waals surface area (Å²) in [6.07, 6.45) is 6.49. The van der Waals surface area contributed by atoms with Crippen LogP contribution in [-0.2, 0) is 6.54 Å². The monoisotopic (exact) mass is 389 g/mol. The zero-order chi connectivity index (χ0) is 20.8. The maximum Gasteiger partial charge on any atom is 0.254 e. The maximum atomic E-state index is 12.3. The number of carbonyl (C=O) groups excluding carboxylic acids is 1. The zero-order valence-electron chi connectivity index (χ0n) is 17.3. The van der Waals surface area contributed by atoms with Crippen LogP contribution >= 0.6 is 0 Å². The molecule has 3 rings (SSSR count). The van der Waals surface area contributed by atoms with Gasteiger partial charge in [-0.05, 0) is 40.7 Å². The summed E-state index contributed by atoms with van der Waals surface area (Å²) in [7, 11) is 0. The molecule has 0 spiro atoms. The van der Waals surface area contributed by atoms with Crippen molar-refractivity contribution in [2.45, 2.75) is 46.1 Å². The Hall–Kier alpha value is -3.28. The fraction of sp³-hybridized carbons (Fsp3) is 0.304. The van der Waals surface area contributed by atoms with E-state index in [1.54, 1.807) is 24.8 Å². The van der Waals surface area contributed by atoms with Gasteiger partial charge in [0.05, 0.1) is 5.56 Å². The Morgan fingerprint density at radius 1 is 0.931 bits per heavy atom. The molecule has 0 radical (unpaired) electrons. The van der Waals surface area contributed by atoms with E-state index < -0.39 is 0 Å². The zero-order valence-corrected chi connectivity index (χ0v) is 17.3. The van der Waals surface area contributed by atoms with Crippen LogP contribution in [0.25, 0.3) is 0 Å². The van der Waals surface area contributed by atoms with Crippen LogP contribution in [-0.4, -0.2) is 20.9 Å². The van der Waals surface area contributed by atoms with Crippen molar-refractivity contribution < 1.29 is 4.79 Å². The lowest BCUT2D eigenvalue weighted by atomic mass is 9.93.